The number of nitrogens with one attached hydrogen (secondary N) is 1. The zero-order valence-corrected chi connectivity index (χ0v) is 15.0. The number of methoxy groups -OCH3 is 2. The highest BCUT2D eigenvalue weighted by molar-refractivity contribution is 5.97. The van der Waals surface area contributed by atoms with Crippen molar-refractivity contribution in [2.45, 2.75) is 26.3 Å². The fourth-order valence-electron chi connectivity index (χ4n) is 2.77. The predicted molar refractivity (Wildman–Crippen MR) is 95.9 cm³/mol. The first-order valence-corrected chi connectivity index (χ1v) is 8.03. The summed E-state index contributed by atoms with van der Waals surface area (Å²) in [5, 5.41) is 2.77. The van der Waals surface area contributed by atoms with Crippen molar-refractivity contribution < 1.29 is 19.1 Å². The Labute approximate surface area is 148 Å². The number of carbonyl (C=O) groups is 2. The SMILES string of the molecule is COC(=O)[C@@H](Cc1ccccc1OC)NC(=O)c1cc(C)cc(C)c1. The lowest BCUT2D eigenvalue weighted by atomic mass is 10.0. The van der Waals surface area contributed by atoms with Gasteiger partial charge in [-0.05, 0) is 37.6 Å². The minimum atomic E-state index is -0.797. The van der Waals surface area contributed by atoms with Gasteiger partial charge >= 0.3 is 5.97 Å². The van der Waals surface area contributed by atoms with Crippen LogP contribution in [0.25, 0.3) is 0 Å². The number of ether oxygens (including phenoxy) is 2. The molecule has 0 fully saturated rings. The molecule has 0 saturated heterocycles. The van der Waals surface area contributed by atoms with Crippen LogP contribution in [-0.4, -0.2) is 32.1 Å². The Hall–Kier alpha value is -2.82. The highest BCUT2D eigenvalue weighted by atomic mass is 16.5. The van der Waals surface area contributed by atoms with E-state index >= 15 is 0 Å². The molecular formula is C20H23NO4. The van der Waals surface area contributed by atoms with Crippen LogP contribution in [-0.2, 0) is 16.0 Å². The highest BCUT2D eigenvalue weighted by Gasteiger charge is 2.24. The van der Waals surface area contributed by atoms with Gasteiger partial charge in [-0.15, -0.1) is 0 Å². The number of hydrogen-bond donors (Lipinski definition) is 1. The first-order chi connectivity index (χ1) is 11.9. The van der Waals surface area contributed by atoms with E-state index in [0.717, 1.165) is 16.7 Å². The van der Waals surface area contributed by atoms with E-state index in [1.807, 2.05) is 44.2 Å². The van der Waals surface area contributed by atoms with Crippen molar-refractivity contribution in [3.05, 3.63) is 64.7 Å². The standard InChI is InChI=1S/C20H23NO4/c1-13-9-14(2)11-16(10-13)19(22)21-17(20(23)25-4)12-15-7-5-6-8-18(15)24-3/h5-11,17H,12H2,1-4H3,(H,21,22)/t17-/m1/s1. The van der Waals surface area contributed by atoms with Crippen molar-refractivity contribution in [3.63, 3.8) is 0 Å². The van der Waals surface area contributed by atoms with Crippen LogP contribution in [0.5, 0.6) is 5.75 Å². The molecule has 5 heteroatoms. The number of esters is 1. The average Bonchev–Trinajstić information content (AvgIpc) is 2.60. The van der Waals surface area contributed by atoms with Crippen LogP contribution in [0.3, 0.4) is 0 Å². The molecule has 0 radical (unpaired) electrons. The molecule has 132 valence electrons. The Kier molecular flexibility index (Phi) is 6.17. The van der Waals surface area contributed by atoms with Gasteiger partial charge in [-0.1, -0.05) is 35.4 Å². The fraction of sp³-hybridized carbons (Fsp3) is 0.300. The van der Waals surface area contributed by atoms with E-state index in [1.165, 1.54) is 7.11 Å². The van der Waals surface area contributed by atoms with Crippen LogP contribution in [0, 0.1) is 13.8 Å². The first kappa shape index (κ1) is 18.5. The number of para-hydroxylation sites is 1. The van der Waals surface area contributed by atoms with Gasteiger partial charge in [0.2, 0.25) is 0 Å². The lowest BCUT2D eigenvalue weighted by Gasteiger charge is -2.18. The molecule has 2 aromatic rings. The third-order valence-corrected chi connectivity index (χ3v) is 3.89. The van der Waals surface area contributed by atoms with E-state index in [4.69, 9.17) is 9.47 Å². The minimum absolute atomic E-state index is 0.285. The Morgan fingerprint density at radius 2 is 1.68 bits per heavy atom. The molecule has 0 saturated carbocycles. The van der Waals surface area contributed by atoms with Gasteiger partial charge in [-0.3, -0.25) is 4.79 Å². The molecule has 0 aliphatic heterocycles. The molecule has 0 aromatic heterocycles. The van der Waals surface area contributed by atoms with Gasteiger partial charge in [0, 0.05) is 12.0 Å². The Morgan fingerprint density at radius 1 is 1.04 bits per heavy atom. The summed E-state index contributed by atoms with van der Waals surface area (Å²) >= 11 is 0. The van der Waals surface area contributed by atoms with Crippen molar-refractivity contribution in [2.24, 2.45) is 0 Å². The van der Waals surface area contributed by atoms with Crippen molar-refractivity contribution in [2.75, 3.05) is 14.2 Å². The zero-order chi connectivity index (χ0) is 18.4. The van der Waals surface area contributed by atoms with Gasteiger partial charge in [-0.25, -0.2) is 4.79 Å². The van der Waals surface area contributed by atoms with Crippen LogP contribution in [0.1, 0.15) is 27.0 Å². The van der Waals surface area contributed by atoms with Crippen molar-refractivity contribution in [1.29, 1.82) is 0 Å². The second kappa shape index (κ2) is 8.33. The quantitative estimate of drug-likeness (QED) is 0.821. The third kappa shape index (κ3) is 4.83. The maximum Gasteiger partial charge on any atom is 0.328 e. The minimum Gasteiger partial charge on any atom is -0.496 e. The van der Waals surface area contributed by atoms with E-state index in [1.54, 1.807) is 19.2 Å². The number of carbonyl (C=O) groups excluding carboxylic acids is 2. The maximum atomic E-state index is 12.6. The summed E-state index contributed by atoms with van der Waals surface area (Å²) in [7, 11) is 2.88. The molecule has 2 aromatic carbocycles. The lowest BCUT2D eigenvalue weighted by Crippen LogP contribution is -2.43. The molecule has 5 nitrogen and oxygen atoms in total. The van der Waals surface area contributed by atoms with Crippen molar-refractivity contribution >= 4 is 11.9 Å². The van der Waals surface area contributed by atoms with Crippen LogP contribution >= 0.6 is 0 Å². The van der Waals surface area contributed by atoms with Crippen LogP contribution in [0.2, 0.25) is 0 Å². The van der Waals surface area contributed by atoms with E-state index in [9.17, 15) is 9.59 Å². The smallest absolute Gasteiger partial charge is 0.328 e. The van der Waals surface area contributed by atoms with Gasteiger partial charge in [0.1, 0.15) is 11.8 Å². The van der Waals surface area contributed by atoms with Gasteiger partial charge in [0.25, 0.3) is 5.91 Å². The molecule has 0 aliphatic rings. The van der Waals surface area contributed by atoms with E-state index < -0.39 is 12.0 Å². The second-order valence-corrected chi connectivity index (χ2v) is 5.94. The summed E-state index contributed by atoms with van der Waals surface area (Å²) in [5.74, 6) is -0.141. The van der Waals surface area contributed by atoms with E-state index in [0.29, 0.717) is 11.3 Å². The van der Waals surface area contributed by atoms with Crippen LogP contribution in [0.4, 0.5) is 0 Å². The molecule has 1 N–H and O–H groups in total. The van der Waals surface area contributed by atoms with Crippen LogP contribution < -0.4 is 10.1 Å². The molecule has 0 spiro atoms. The van der Waals surface area contributed by atoms with Gasteiger partial charge in [0.15, 0.2) is 0 Å². The first-order valence-electron chi connectivity index (χ1n) is 8.03. The fourth-order valence-corrected chi connectivity index (χ4v) is 2.77. The number of aryl methyl sites for hydroxylation is 2. The van der Waals surface area contributed by atoms with E-state index in [2.05, 4.69) is 5.32 Å². The van der Waals surface area contributed by atoms with Crippen molar-refractivity contribution in [3.8, 4) is 5.75 Å². The summed E-state index contributed by atoms with van der Waals surface area (Å²) in [6, 6.07) is 12.2. The van der Waals surface area contributed by atoms with Crippen molar-refractivity contribution in [1.82, 2.24) is 5.32 Å². The topological polar surface area (TPSA) is 64.6 Å². The second-order valence-electron chi connectivity index (χ2n) is 5.94. The molecule has 1 atom stereocenters. The average molecular weight is 341 g/mol. The molecule has 1 amide bonds. The lowest BCUT2D eigenvalue weighted by molar-refractivity contribution is -0.142. The van der Waals surface area contributed by atoms with Gasteiger partial charge < -0.3 is 14.8 Å². The monoisotopic (exact) mass is 341 g/mol. The molecular weight excluding hydrogens is 318 g/mol. The largest absolute Gasteiger partial charge is 0.496 e. The zero-order valence-electron chi connectivity index (χ0n) is 15.0. The molecule has 25 heavy (non-hydrogen) atoms. The summed E-state index contributed by atoms with van der Waals surface area (Å²) in [5.41, 5.74) is 3.32. The Bertz CT molecular complexity index is 750. The summed E-state index contributed by atoms with van der Waals surface area (Å²) in [6.07, 6.45) is 0.285. The number of rotatable bonds is 6. The molecule has 2 rings (SSSR count). The maximum absolute atomic E-state index is 12.6. The van der Waals surface area contributed by atoms with Gasteiger partial charge in [-0.2, -0.15) is 0 Å². The number of amides is 1. The molecule has 0 heterocycles. The Balaban J connectivity index is 2.23. The summed E-state index contributed by atoms with van der Waals surface area (Å²) in [4.78, 5) is 24.7. The normalized spacial score (nSPS) is 11.5. The molecule has 0 unspecified atom stereocenters. The summed E-state index contributed by atoms with van der Waals surface area (Å²) in [6.45, 7) is 3.85. The van der Waals surface area contributed by atoms with Gasteiger partial charge in [0.05, 0.1) is 14.2 Å². The third-order valence-electron chi connectivity index (χ3n) is 3.89. The number of hydrogen-bond acceptors (Lipinski definition) is 4. The van der Waals surface area contributed by atoms with Crippen LogP contribution in [0.15, 0.2) is 42.5 Å². The summed E-state index contributed by atoms with van der Waals surface area (Å²) < 4.78 is 10.2. The van der Waals surface area contributed by atoms with E-state index in [-0.39, 0.29) is 12.3 Å². The predicted octanol–water partition coefficient (Wildman–Crippen LogP) is 2.83. The highest BCUT2D eigenvalue weighted by Crippen LogP contribution is 2.19. The Morgan fingerprint density at radius 3 is 2.28 bits per heavy atom. The number of benzene rings is 2. The molecule has 0 bridgehead atoms. The molecule has 0 aliphatic carbocycles.